The number of aliphatic carboxylic acids is 1. The number of alkyl carbamates (subject to hydrolysis) is 1. The van der Waals surface area contributed by atoms with Crippen molar-refractivity contribution in [3.05, 3.63) is 95.6 Å². The van der Waals surface area contributed by atoms with Crippen molar-refractivity contribution in [3.63, 3.8) is 0 Å². The Morgan fingerprint density at radius 3 is 2.12 bits per heavy atom. The zero-order valence-electron chi connectivity index (χ0n) is 22.4. The van der Waals surface area contributed by atoms with E-state index >= 15 is 0 Å². The zero-order valence-corrected chi connectivity index (χ0v) is 22.4. The molecule has 0 spiro atoms. The lowest BCUT2D eigenvalue weighted by molar-refractivity contribution is -0.139. The van der Waals surface area contributed by atoms with Gasteiger partial charge >= 0.3 is 12.1 Å². The van der Waals surface area contributed by atoms with Gasteiger partial charge in [0.15, 0.2) is 0 Å². The predicted octanol–water partition coefficient (Wildman–Crippen LogP) is 4.87. The molecule has 40 heavy (non-hydrogen) atoms. The van der Waals surface area contributed by atoms with Crippen molar-refractivity contribution in [2.24, 2.45) is 5.92 Å². The van der Waals surface area contributed by atoms with Gasteiger partial charge in [-0.15, -0.1) is 0 Å². The third-order valence-corrected chi connectivity index (χ3v) is 7.77. The Morgan fingerprint density at radius 2 is 1.50 bits per heavy atom. The van der Waals surface area contributed by atoms with Gasteiger partial charge in [-0.2, -0.15) is 0 Å². The highest BCUT2D eigenvalue weighted by molar-refractivity contribution is 5.86. The Kier molecular flexibility index (Phi) is 8.45. The number of nitrogens with one attached hydrogen (secondary N) is 2. The molecule has 2 atom stereocenters. The fraction of sp³-hybridized carbons (Fsp3) is 0.344. The van der Waals surface area contributed by atoms with Crippen LogP contribution in [0, 0.1) is 5.92 Å². The molecule has 0 heterocycles. The summed E-state index contributed by atoms with van der Waals surface area (Å²) in [5.74, 6) is -1.28. The quantitative estimate of drug-likeness (QED) is 0.319. The number of carbonyl (C=O) groups excluding carboxylic acids is 2. The fourth-order valence-corrected chi connectivity index (χ4v) is 5.62. The number of fused-ring (bicyclic) bond motifs is 3. The smallest absolute Gasteiger partial charge is 0.407 e. The summed E-state index contributed by atoms with van der Waals surface area (Å²) < 4.78 is 11.7. The van der Waals surface area contributed by atoms with Crippen molar-refractivity contribution < 1.29 is 29.0 Å². The third kappa shape index (κ3) is 6.34. The molecule has 2 amide bonds. The summed E-state index contributed by atoms with van der Waals surface area (Å²) in [7, 11) is 0. The maximum atomic E-state index is 13.3. The number of amides is 2. The Morgan fingerprint density at radius 1 is 0.900 bits per heavy atom. The minimum Gasteiger partial charge on any atom is -0.481 e. The van der Waals surface area contributed by atoms with Gasteiger partial charge in [0.25, 0.3) is 0 Å². The topological polar surface area (TPSA) is 114 Å². The molecule has 3 N–H and O–H groups in total. The molecular weight excluding hydrogens is 508 g/mol. The molecule has 1 saturated carbocycles. The Labute approximate surface area is 233 Å². The standard InChI is InChI=1S/C32H34N2O6/c1-20(39-18-21-9-3-2-4-10-21)30(31(37)33-23-15-22(16-23)17-29(35)36)34-32(38)40-19-28-26-13-7-5-11-24(26)25-12-6-8-14-27(25)28/h2-14,20,22-23,28,30H,15-19H2,1H3,(H,33,37)(H,34,38)(H,35,36). The summed E-state index contributed by atoms with van der Waals surface area (Å²) >= 11 is 0. The van der Waals surface area contributed by atoms with E-state index in [1.807, 2.05) is 66.7 Å². The summed E-state index contributed by atoms with van der Waals surface area (Å²) in [4.78, 5) is 37.3. The summed E-state index contributed by atoms with van der Waals surface area (Å²) in [5.41, 5.74) is 5.42. The molecule has 5 rings (SSSR count). The molecule has 0 aromatic heterocycles. The molecule has 0 radical (unpaired) electrons. The average molecular weight is 543 g/mol. The predicted molar refractivity (Wildman–Crippen MR) is 150 cm³/mol. The molecule has 1 fully saturated rings. The minimum atomic E-state index is -0.988. The summed E-state index contributed by atoms with van der Waals surface area (Å²) in [6, 6.07) is 24.7. The van der Waals surface area contributed by atoms with E-state index in [0.29, 0.717) is 12.8 Å². The highest BCUT2D eigenvalue weighted by Gasteiger charge is 2.36. The number of hydrogen-bond donors (Lipinski definition) is 3. The molecule has 2 unspecified atom stereocenters. The van der Waals surface area contributed by atoms with Crippen LogP contribution in [0.2, 0.25) is 0 Å². The van der Waals surface area contributed by atoms with E-state index in [2.05, 4.69) is 22.8 Å². The van der Waals surface area contributed by atoms with Crippen LogP contribution in [-0.2, 0) is 25.7 Å². The van der Waals surface area contributed by atoms with E-state index in [9.17, 15) is 14.4 Å². The van der Waals surface area contributed by atoms with Crippen molar-refractivity contribution >= 4 is 18.0 Å². The molecule has 3 aromatic rings. The van der Waals surface area contributed by atoms with E-state index in [1.54, 1.807) is 6.92 Å². The molecule has 8 heteroatoms. The number of hydrogen-bond acceptors (Lipinski definition) is 5. The molecule has 2 aliphatic rings. The fourth-order valence-electron chi connectivity index (χ4n) is 5.62. The van der Waals surface area contributed by atoms with E-state index in [-0.39, 0.29) is 43.4 Å². The third-order valence-electron chi connectivity index (χ3n) is 7.77. The van der Waals surface area contributed by atoms with Gasteiger partial charge in [0, 0.05) is 18.4 Å². The summed E-state index contributed by atoms with van der Waals surface area (Å²) in [5, 5.41) is 14.7. The number of benzene rings is 3. The zero-order chi connectivity index (χ0) is 28.1. The van der Waals surface area contributed by atoms with Gasteiger partial charge in [-0.1, -0.05) is 78.9 Å². The van der Waals surface area contributed by atoms with Gasteiger partial charge in [0.05, 0.1) is 12.7 Å². The molecule has 8 nitrogen and oxygen atoms in total. The van der Waals surface area contributed by atoms with Gasteiger partial charge in [-0.3, -0.25) is 9.59 Å². The molecular formula is C32H34N2O6. The normalized spacial score (nSPS) is 18.9. The van der Waals surface area contributed by atoms with Crippen LogP contribution >= 0.6 is 0 Å². The number of ether oxygens (including phenoxy) is 2. The van der Waals surface area contributed by atoms with Crippen LogP contribution in [0.25, 0.3) is 11.1 Å². The van der Waals surface area contributed by atoms with Crippen molar-refractivity contribution in [2.75, 3.05) is 6.61 Å². The number of rotatable bonds is 11. The lowest BCUT2D eigenvalue weighted by Crippen LogP contribution is -2.57. The lowest BCUT2D eigenvalue weighted by atomic mass is 9.78. The van der Waals surface area contributed by atoms with Crippen molar-refractivity contribution in [2.45, 2.75) is 56.9 Å². The van der Waals surface area contributed by atoms with Gasteiger partial charge in [0.2, 0.25) is 5.91 Å². The molecule has 2 aliphatic carbocycles. The van der Waals surface area contributed by atoms with Gasteiger partial charge in [0.1, 0.15) is 12.6 Å². The van der Waals surface area contributed by atoms with E-state index in [4.69, 9.17) is 14.6 Å². The minimum absolute atomic E-state index is 0.0445. The maximum absolute atomic E-state index is 13.3. The van der Waals surface area contributed by atoms with Crippen LogP contribution in [0.15, 0.2) is 78.9 Å². The second-order valence-electron chi connectivity index (χ2n) is 10.6. The van der Waals surface area contributed by atoms with Gasteiger partial charge in [-0.05, 0) is 53.5 Å². The van der Waals surface area contributed by atoms with Crippen LogP contribution in [0.3, 0.4) is 0 Å². The van der Waals surface area contributed by atoms with Crippen molar-refractivity contribution in [1.29, 1.82) is 0 Å². The summed E-state index contributed by atoms with van der Waals surface area (Å²) in [6.07, 6.45) is -0.0704. The first-order valence-electron chi connectivity index (χ1n) is 13.7. The molecule has 0 aliphatic heterocycles. The van der Waals surface area contributed by atoms with Crippen LogP contribution in [0.4, 0.5) is 4.79 Å². The Hall–Kier alpha value is -4.17. The maximum Gasteiger partial charge on any atom is 0.407 e. The Bertz CT molecular complexity index is 1310. The van der Waals surface area contributed by atoms with Crippen LogP contribution < -0.4 is 10.6 Å². The molecule has 0 saturated heterocycles. The number of carboxylic acid groups (broad SMARTS) is 1. The van der Waals surface area contributed by atoms with Gasteiger partial charge in [-0.25, -0.2) is 4.79 Å². The monoisotopic (exact) mass is 542 g/mol. The first-order chi connectivity index (χ1) is 19.4. The van der Waals surface area contributed by atoms with Crippen molar-refractivity contribution in [3.8, 4) is 11.1 Å². The highest BCUT2D eigenvalue weighted by Crippen LogP contribution is 2.44. The first kappa shape index (κ1) is 27.4. The summed E-state index contributed by atoms with van der Waals surface area (Å²) in [6.45, 7) is 2.15. The van der Waals surface area contributed by atoms with Crippen LogP contribution in [0.5, 0.6) is 0 Å². The van der Waals surface area contributed by atoms with Gasteiger partial charge < -0.3 is 25.2 Å². The first-order valence-corrected chi connectivity index (χ1v) is 13.7. The van der Waals surface area contributed by atoms with Crippen LogP contribution in [0.1, 0.15) is 48.8 Å². The molecule has 208 valence electrons. The average Bonchev–Trinajstić information content (AvgIpc) is 3.26. The second kappa shape index (κ2) is 12.3. The van der Waals surface area contributed by atoms with Crippen molar-refractivity contribution in [1.82, 2.24) is 10.6 Å². The SMILES string of the molecule is CC(OCc1ccccc1)C(NC(=O)OCC1c2ccccc2-c2ccccc21)C(=O)NC1CC(CC(=O)O)C1. The Balaban J connectivity index is 1.22. The van der Waals surface area contributed by atoms with Crippen LogP contribution in [-0.4, -0.2) is 47.9 Å². The molecule has 3 aromatic carbocycles. The van der Waals surface area contributed by atoms with E-state index < -0.39 is 24.2 Å². The molecule has 0 bridgehead atoms. The number of carbonyl (C=O) groups is 3. The largest absolute Gasteiger partial charge is 0.481 e. The van der Waals surface area contributed by atoms with E-state index in [1.165, 1.54) is 0 Å². The van der Waals surface area contributed by atoms with E-state index in [0.717, 1.165) is 27.8 Å². The number of carboxylic acids is 1. The highest BCUT2D eigenvalue weighted by atomic mass is 16.5. The lowest BCUT2D eigenvalue weighted by Gasteiger charge is -2.36. The second-order valence-corrected chi connectivity index (χ2v) is 10.6.